The van der Waals surface area contributed by atoms with Crippen molar-refractivity contribution in [2.45, 2.75) is 63.9 Å². The van der Waals surface area contributed by atoms with Gasteiger partial charge in [0.25, 0.3) is 5.91 Å². The van der Waals surface area contributed by atoms with E-state index in [2.05, 4.69) is 12.2 Å². The molecule has 1 fully saturated rings. The monoisotopic (exact) mass is 377 g/mol. The first-order chi connectivity index (χ1) is 13.1. The Balaban J connectivity index is 2.19. The minimum absolute atomic E-state index is 0.164. The van der Waals surface area contributed by atoms with E-state index in [9.17, 15) is 9.59 Å². The van der Waals surface area contributed by atoms with Gasteiger partial charge in [-0.1, -0.05) is 39.0 Å². The van der Waals surface area contributed by atoms with Gasteiger partial charge in [0.2, 0.25) is 0 Å². The maximum absolute atomic E-state index is 12.9. The molecule has 1 aromatic rings. The normalized spacial score (nSPS) is 16.3. The van der Waals surface area contributed by atoms with E-state index in [0.29, 0.717) is 36.4 Å². The largest absolute Gasteiger partial charge is 0.493 e. The predicted molar refractivity (Wildman–Crippen MR) is 104 cm³/mol. The molecule has 1 saturated carbocycles. The SMILES string of the molecule is CCCCOc1ccc(NC(=O)C2(OC)CCCCCC2)cc1C(=O)OC. The van der Waals surface area contributed by atoms with E-state index in [1.54, 1.807) is 25.3 Å². The number of methoxy groups -OCH3 is 2. The third-order valence-electron chi connectivity index (χ3n) is 5.11. The zero-order chi connectivity index (χ0) is 19.7. The summed E-state index contributed by atoms with van der Waals surface area (Å²) in [6.07, 6.45) is 7.49. The van der Waals surface area contributed by atoms with Crippen molar-refractivity contribution in [3.63, 3.8) is 0 Å². The number of carbonyl (C=O) groups is 2. The lowest BCUT2D eigenvalue weighted by molar-refractivity contribution is -0.139. The Kier molecular flexibility index (Phi) is 8.10. The van der Waals surface area contributed by atoms with Crippen LogP contribution >= 0.6 is 0 Å². The van der Waals surface area contributed by atoms with E-state index < -0.39 is 11.6 Å². The second kappa shape index (κ2) is 10.3. The molecule has 1 N–H and O–H groups in total. The fourth-order valence-electron chi connectivity index (χ4n) is 3.40. The molecule has 0 aromatic heterocycles. The van der Waals surface area contributed by atoms with E-state index in [1.165, 1.54) is 7.11 Å². The number of nitrogens with one attached hydrogen (secondary N) is 1. The molecular weight excluding hydrogens is 346 g/mol. The van der Waals surface area contributed by atoms with E-state index >= 15 is 0 Å². The Labute approximate surface area is 161 Å². The molecule has 0 unspecified atom stereocenters. The molecule has 0 saturated heterocycles. The Morgan fingerprint density at radius 3 is 2.41 bits per heavy atom. The third-order valence-corrected chi connectivity index (χ3v) is 5.11. The number of esters is 1. The minimum atomic E-state index is -0.807. The highest BCUT2D eigenvalue weighted by atomic mass is 16.5. The molecule has 1 amide bonds. The highest BCUT2D eigenvalue weighted by Crippen LogP contribution is 2.32. The van der Waals surface area contributed by atoms with Crippen molar-refractivity contribution < 1.29 is 23.8 Å². The number of anilines is 1. The Bertz CT molecular complexity index is 635. The van der Waals surface area contributed by atoms with Gasteiger partial charge in [-0.3, -0.25) is 4.79 Å². The van der Waals surface area contributed by atoms with Crippen LogP contribution in [0.25, 0.3) is 0 Å². The van der Waals surface area contributed by atoms with E-state index in [4.69, 9.17) is 14.2 Å². The summed E-state index contributed by atoms with van der Waals surface area (Å²) in [6, 6.07) is 5.04. The van der Waals surface area contributed by atoms with Crippen LogP contribution in [-0.4, -0.2) is 38.3 Å². The molecule has 0 aliphatic heterocycles. The lowest BCUT2D eigenvalue weighted by atomic mass is 9.93. The summed E-state index contributed by atoms with van der Waals surface area (Å²) in [7, 11) is 2.92. The smallest absolute Gasteiger partial charge is 0.341 e. The Morgan fingerprint density at radius 2 is 1.81 bits per heavy atom. The maximum atomic E-state index is 12.9. The molecule has 1 aliphatic carbocycles. The number of hydrogen-bond donors (Lipinski definition) is 1. The zero-order valence-electron chi connectivity index (χ0n) is 16.6. The number of ether oxygens (including phenoxy) is 3. The average Bonchev–Trinajstić information content (AvgIpc) is 2.95. The zero-order valence-corrected chi connectivity index (χ0v) is 16.6. The van der Waals surface area contributed by atoms with Crippen LogP contribution in [0.15, 0.2) is 18.2 Å². The van der Waals surface area contributed by atoms with Gasteiger partial charge in [0.1, 0.15) is 16.9 Å². The molecule has 150 valence electrons. The fraction of sp³-hybridized carbons (Fsp3) is 0.619. The average molecular weight is 377 g/mol. The fourth-order valence-corrected chi connectivity index (χ4v) is 3.40. The van der Waals surface area contributed by atoms with Crippen molar-refractivity contribution in [1.29, 1.82) is 0 Å². The van der Waals surface area contributed by atoms with Crippen LogP contribution in [0.1, 0.15) is 68.6 Å². The molecule has 0 bridgehead atoms. The van der Waals surface area contributed by atoms with E-state index in [-0.39, 0.29) is 5.91 Å². The first kappa shape index (κ1) is 21.2. The van der Waals surface area contributed by atoms with Gasteiger partial charge < -0.3 is 19.5 Å². The molecule has 6 heteroatoms. The number of amides is 1. The number of unbranched alkanes of at least 4 members (excludes halogenated alkanes) is 1. The van der Waals surface area contributed by atoms with Gasteiger partial charge in [-0.2, -0.15) is 0 Å². The van der Waals surface area contributed by atoms with Crippen LogP contribution in [0, 0.1) is 0 Å². The topological polar surface area (TPSA) is 73.9 Å². The van der Waals surface area contributed by atoms with Crippen LogP contribution < -0.4 is 10.1 Å². The van der Waals surface area contributed by atoms with Gasteiger partial charge in [-0.25, -0.2) is 4.79 Å². The van der Waals surface area contributed by atoms with Gasteiger partial charge in [0.05, 0.1) is 13.7 Å². The number of carbonyl (C=O) groups excluding carboxylic acids is 2. The highest BCUT2D eigenvalue weighted by molar-refractivity contribution is 5.99. The van der Waals surface area contributed by atoms with Gasteiger partial charge in [0, 0.05) is 12.8 Å². The van der Waals surface area contributed by atoms with Crippen LogP contribution in [-0.2, 0) is 14.3 Å². The van der Waals surface area contributed by atoms with Gasteiger partial charge in [0.15, 0.2) is 0 Å². The molecular formula is C21H31NO5. The molecule has 0 spiro atoms. The summed E-state index contributed by atoms with van der Waals surface area (Å²) in [6.45, 7) is 2.60. The standard InChI is InChI=1S/C21H31NO5/c1-4-5-14-27-18-11-10-16(15-17(18)19(23)25-2)22-20(24)21(26-3)12-8-6-7-9-13-21/h10-11,15H,4-9,12-14H2,1-3H3,(H,22,24). The molecule has 6 nitrogen and oxygen atoms in total. The quantitative estimate of drug-likeness (QED) is 0.415. The summed E-state index contributed by atoms with van der Waals surface area (Å²) >= 11 is 0. The second-order valence-electron chi connectivity index (χ2n) is 6.97. The van der Waals surface area contributed by atoms with Crippen molar-refractivity contribution >= 4 is 17.6 Å². The summed E-state index contributed by atoms with van der Waals surface area (Å²) < 4.78 is 16.2. The maximum Gasteiger partial charge on any atom is 0.341 e. The van der Waals surface area contributed by atoms with Crippen LogP contribution in [0.3, 0.4) is 0 Å². The van der Waals surface area contributed by atoms with Crippen LogP contribution in [0.4, 0.5) is 5.69 Å². The Hall–Kier alpha value is -2.08. The Morgan fingerprint density at radius 1 is 1.11 bits per heavy atom. The molecule has 1 aliphatic rings. The van der Waals surface area contributed by atoms with Crippen LogP contribution in [0.5, 0.6) is 5.75 Å². The second-order valence-corrected chi connectivity index (χ2v) is 6.97. The van der Waals surface area contributed by atoms with Gasteiger partial charge >= 0.3 is 5.97 Å². The number of rotatable bonds is 8. The van der Waals surface area contributed by atoms with Gasteiger partial charge in [-0.15, -0.1) is 0 Å². The van der Waals surface area contributed by atoms with Crippen molar-refractivity contribution in [3.8, 4) is 5.75 Å². The van der Waals surface area contributed by atoms with Crippen LogP contribution in [0.2, 0.25) is 0 Å². The minimum Gasteiger partial charge on any atom is -0.493 e. The summed E-state index contributed by atoms with van der Waals surface area (Å²) in [5, 5.41) is 2.92. The molecule has 0 heterocycles. The molecule has 27 heavy (non-hydrogen) atoms. The summed E-state index contributed by atoms with van der Waals surface area (Å²) in [4.78, 5) is 25.1. The van der Waals surface area contributed by atoms with Crippen molar-refractivity contribution in [1.82, 2.24) is 0 Å². The molecule has 2 rings (SSSR count). The number of hydrogen-bond acceptors (Lipinski definition) is 5. The lowest BCUT2D eigenvalue weighted by Crippen LogP contribution is -2.44. The van der Waals surface area contributed by atoms with Crippen molar-refractivity contribution in [3.05, 3.63) is 23.8 Å². The summed E-state index contributed by atoms with van der Waals surface area (Å²) in [5.74, 6) is -0.194. The predicted octanol–water partition coefficient (Wildman–Crippen LogP) is 4.33. The van der Waals surface area contributed by atoms with E-state index in [1.807, 2.05) is 0 Å². The van der Waals surface area contributed by atoms with E-state index in [0.717, 1.165) is 38.5 Å². The first-order valence-electron chi connectivity index (χ1n) is 9.78. The van der Waals surface area contributed by atoms with Crippen molar-refractivity contribution in [2.75, 3.05) is 26.1 Å². The van der Waals surface area contributed by atoms with Gasteiger partial charge in [-0.05, 0) is 37.5 Å². The highest BCUT2D eigenvalue weighted by Gasteiger charge is 2.38. The third kappa shape index (κ3) is 5.45. The summed E-state index contributed by atoms with van der Waals surface area (Å²) in [5.41, 5.74) is 0.0285. The first-order valence-corrected chi connectivity index (χ1v) is 9.78. The lowest BCUT2D eigenvalue weighted by Gasteiger charge is -2.30. The molecule has 0 atom stereocenters. The molecule has 1 aromatic carbocycles. The van der Waals surface area contributed by atoms with Crippen molar-refractivity contribution in [2.24, 2.45) is 0 Å². The molecule has 0 radical (unpaired) electrons. The number of benzene rings is 1.